The summed E-state index contributed by atoms with van der Waals surface area (Å²) in [5.41, 5.74) is 0. The van der Waals surface area contributed by atoms with E-state index >= 15 is 0 Å². The van der Waals surface area contributed by atoms with E-state index in [2.05, 4.69) is 36.1 Å². The van der Waals surface area contributed by atoms with Gasteiger partial charge in [0.1, 0.15) is 15.5 Å². The first-order valence-corrected chi connectivity index (χ1v) is 7.73. The highest BCUT2D eigenvalue weighted by Crippen LogP contribution is 2.32. The molecule has 0 fully saturated rings. The number of rotatable bonds is 4. The summed E-state index contributed by atoms with van der Waals surface area (Å²) >= 11 is 6.44. The van der Waals surface area contributed by atoms with Crippen LogP contribution in [-0.4, -0.2) is 34.3 Å². The van der Waals surface area contributed by atoms with E-state index in [4.69, 9.17) is 0 Å². The fourth-order valence-electron chi connectivity index (χ4n) is 1.17. The molecule has 0 spiro atoms. The molecule has 5 nitrogen and oxygen atoms in total. The summed E-state index contributed by atoms with van der Waals surface area (Å²) in [5.74, 6) is 0.823. The third kappa shape index (κ3) is 3.39. The third-order valence-corrected chi connectivity index (χ3v) is 4.47. The van der Waals surface area contributed by atoms with Crippen molar-refractivity contribution in [3.63, 3.8) is 0 Å². The molecule has 96 valence electrons. The minimum Gasteiger partial charge on any atom is -0.353 e. The molecule has 2 rings (SSSR count). The van der Waals surface area contributed by atoms with Crippen LogP contribution >= 0.6 is 39.0 Å². The first-order valence-electron chi connectivity index (χ1n) is 5.30. The number of nitrogens with zero attached hydrogens (tertiary/aromatic N) is 5. The van der Waals surface area contributed by atoms with E-state index in [0.29, 0.717) is 0 Å². The Balaban J connectivity index is 2.19. The van der Waals surface area contributed by atoms with Gasteiger partial charge in [-0.25, -0.2) is 9.97 Å². The monoisotopic (exact) mass is 345 g/mol. The lowest BCUT2D eigenvalue weighted by molar-refractivity contribution is 0.875. The van der Waals surface area contributed by atoms with E-state index in [1.54, 1.807) is 11.3 Å². The van der Waals surface area contributed by atoms with E-state index in [0.717, 1.165) is 31.3 Å². The number of anilines is 1. The van der Waals surface area contributed by atoms with Crippen molar-refractivity contribution < 1.29 is 0 Å². The number of halogens is 1. The molecule has 2 heterocycles. The second-order valence-corrected chi connectivity index (χ2v) is 6.68. The molecule has 0 atom stereocenters. The van der Waals surface area contributed by atoms with Gasteiger partial charge in [-0.15, -0.1) is 10.2 Å². The van der Waals surface area contributed by atoms with E-state index in [-0.39, 0.29) is 0 Å². The van der Waals surface area contributed by atoms with Crippen LogP contribution in [0.1, 0.15) is 12.7 Å². The molecule has 0 saturated heterocycles. The van der Waals surface area contributed by atoms with E-state index < -0.39 is 0 Å². The summed E-state index contributed by atoms with van der Waals surface area (Å²) < 4.78 is 1.68. The lowest BCUT2D eigenvalue weighted by Gasteiger charge is -2.04. The Hall–Kier alpha value is -0.730. The van der Waals surface area contributed by atoms with E-state index in [1.165, 1.54) is 11.8 Å². The number of aryl methyl sites for hydroxylation is 1. The molecule has 0 unspecified atom stereocenters. The standard InChI is InChI=1S/C10H12BrN5S2/c1-4-7-12-6(11)5-8(13-7)17-10-15-14-9(18-10)16(2)3/h5H,4H2,1-3H3. The fourth-order valence-corrected chi connectivity index (χ4v) is 3.47. The average molecular weight is 346 g/mol. The maximum Gasteiger partial charge on any atom is 0.208 e. The molecule has 0 bridgehead atoms. The predicted octanol–water partition coefficient (Wildman–Crippen LogP) is 2.87. The van der Waals surface area contributed by atoms with Gasteiger partial charge in [0, 0.05) is 26.6 Å². The Morgan fingerprint density at radius 3 is 2.72 bits per heavy atom. The lowest BCUT2D eigenvalue weighted by Crippen LogP contribution is -2.07. The molecule has 0 aromatic carbocycles. The topological polar surface area (TPSA) is 54.8 Å². The molecule has 0 N–H and O–H groups in total. The fraction of sp³-hybridized carbons (Fsp3) is 0.400. The van der Waals surface area contributed by atoms with Gasteiger partial charge in [-0.2, -0.15) is 0 Å². The Bertz CT molecular complexity index is 543. The van der Waals surface area contributed by atoms with Crippen LogP contribution in [0.15, 0.2) is 20.0 Å². The lowest BCUT2D eigenvalue weighted by atomic mass is 10.4. The van der Waals surface area contributed by atoms with Crippen molar-refractivity contribution in [1.82, 2.24) is 20.2 Å². The number of hydrogen-bond donors (Lipinski definition) is 0. The molecule has 8 heteroatoms. The van der Waals surface area contributed by atoms with Gasteiger partial charge in [-0.1, -0.05) is 18.3 Å². The van der Waals surface area contributed by atoms with Gasteiger partial charge in [-0.05, 0) is 27.7 Å². The van der Waals surface area contributed by atoms with Gasteiger partial charge < -0.3 is 4.90 Å². The van der Waals surface area contributed by atoms with Gasteiger partial charge >= 0.3 is 0 Å². The zero-order chi connectivity index (χ0) is 13.1. The molecule has 0 radical (unpaired) electrons. The first kappa shape index (κ1) is 13.7. The molecule has 2 aromatic heterocycles. The Morgan fingerprint density at radius 2 is 2.11 bits per heavy atom. The summed E-state index contributed by atoms with van der Waals surface area (Å²) in [6, 6.07) is 1.89. The van der Waals surface area contributed by atoms with Crippen molar-refractivity contribution in [2.75, 3.05) is 19.0 Å². The largest absolute Gasteiger partial charge is 0.353 e. The molecular formula is C10H12BrN5S2. The zero-order valence-corrected chi connectivity index (χ0v) is 13.4. The summed E-state index contributed by atoms with van der Waals surface area (Å²) in [6.07, 6.45) is 0.812. The number of aromatic nitrogens is 4. The summed E-state index contributed by atoms with van der Waals surface area (Å²) in [6.45, 7) is 2.03. The van der Waals surface area contributed by atoms with Crippen molar-refractivity contribution in [2.45, 2.75) is 22.7 Å². The van der Waals surface area contributed by atoms with Crippen LogP contribution in [0.4, 0.5) is 5.13 Å². The highest BCUT2D eigenvalue weighted by atomic mass is 79.9. The van der Waals surface area contributed by atoms with E-state index in [9.17, 15) is 0 Å². The van der Waals surface area contributed by atoms with Crippen molar-refractivity contribution in [3.8, 4) is 0 Å². The summed E-state index contributed by atoms with van der Waals surface area (Å²) in [5, 5.41) is 10.0. The highest BCUT2D eigenvalue weighted by molar-refractivity contribution is 9.10. The van der Waals surface area contributed by atoms with Gasteiger partial charge in [0.25, 0.3) is 0 Å². The Morgan fingerprint density at radius 1 is 1.33 bits per heavy atom. The number of hydrogen-bond acceptors (Lipinski definition) is 7. The van der Waals surface area contributed by atoms with Crippen LogP contribution in [0.3, 0.4) is 0 Å². The van der Waals surface area contributed by atoms with Gasteiger partial charge in [0.05, 0.1) is 0 Å². The third-order valence-electron chi connectivity index (χ3n) is 2.00. The molecule has 0 saturated carbocycles. The maximum absolute atomic E-state index is 4.45. The van der Waals surface area contributed by atoms with Crippen LogP contribution < -0.4 is 4.90 Å². The van der Waals surface area contributed by atoms with Crippen LogP contribution in [-0.2, 0) is 6.42 Å². The van der Waals surface area contributed by atoms with Crippen molar-refractivity contribution in [2.24, 2.45) is 0 Å². The highest BCUT2D eigenvalue weighted by Gasteiger charge is 2.09. The molecular weight excluding hydrogens is 334 g/mol. The van der Waals surface area contributed by atoms with Crippen LogP contribution in [0.25, 0.3) is 0 Å². The Labute approximate surface area is 122 Å². The van der Waals surface area contributed by atoms with Crippen molar-refractivity contribution in [3.05, 3.63) is 16.5 Å². The normalized spacial score (nSPS) is 10.7. The van der Waals surface area contributed by atoms with Gasteiger partial charge in [-0.3, -0.25) is 0 Å². The maximum atomic E-state index is 4.45. The van der Waals surface area contributed by atoms with Crippen LogP contribution in [0, 0.1) is 0 Å². The second kappa shape index (κ2) is 5.94. The minimum absolute atomic E-state index is 0.800. The van der Waals surface area contributed by atoms with Crippen molar-refractivity contribution in [1.29, 1.82) is 0 Å². The smallest absolute Gasteiger partial charge is 0.208 e. The summed E-state index contributed by atoms with van der Waals surface area (Å²) in [7, 11) is 3.90. The molecule has 18 heavy (non-hydrogen) atoms. The average Bonchev–Trinajstić information content (AvgIpc) is 2.76. The second-order valence-electron chi connectivity index (χ2n) is 3.65. The minimum atomic E-state index is 0.800. The molecule has 0 aliphatic rings. The van der Waals surface area contributed by atoms with Gasteiger partial charge in [0.15, 0.2) is 4.34 Å². The molecule has 0 aliphatic heterocycles. The molecule has 0 aliphatic carbocycles. The molecule has 2 aromatic rings. The summed E-state index contributed by atoms with van der Waals surface area (Å²) in [4.78, 5) is 10.7. The predicted molar refractivity (Wildman–Crippen MR) is 77.5 cm³/mol. The SMILES string of the molecule is CCc1nc(Br)cc(Sc2nnc(N(C)C)s2)n1. The molecule has 0 amide bonds. The first-order chi connectivity index (χ1) is 8.58. The van der Waals surface area contributed by atoms with Crippen LogP contribution in [0.2, 0.25) is 0 Å². The van der Waals surface area contributed by atoms with Gasteiger partial charge in [0.2, 0.25) is 5.13 Å². The Kier molecular flexibility index (Phi) is 4.52. The van der Waals surface area contributed by atoms with Crippen LogP contribution in [0.5, 0.6) is 0 Å². The quantitative estimate of drug-likeness (QED) is 0.794. The van der Waals surface area contributed by atoms with E-state index in [1.807, 2.05) is 32.0 Å². The zero-order valence-electron chi connectivity index (χ0n) is 10.2. The van der Waals surface area contributed by atoms with Crippen molar-refractivity contribution >= 4 is 44.2 Å².